The van der Waals surface area contributed by atoms with Crippen molar-refractivity contribution in [3.63, 3.8) is 0 Å². The highest BCUT2D eigenvalue weighted by atomic mass is 19.1. The molecule has 8 heteroatoms. The maximum atomic E-state index is 13.1. The number of hydrogen-bond donors (Lipinski definition) is 3. The molecular weight excluding hydrogens is 245 g/mol. The molecule has 2 unspecified atom stereocenters. The van der Waals surface area contributed by atoms with E-state index in [1.165, 1.54) is 0 Å². The van der Waals surface area contributed by atoms with E-state index in [0.29, 0.717) is 6.42 Å². The molecule has 0 amide bonds. The van der Waals surface area contributed by atoms with Crippen molar-refractivity contribution in [3.05, 3.63) is 22.5 Å². The average molecular weight is 261 g/mol. The largest absolute Gasteiger partial charge is 0.381 e. The Hall–Kier alpha value is -1.51. The zero-order valence-corrected chi connectivity index (χ0v) is 9.91. The quantitative estimate of drug-likeness (QED) is 0.593. The van der Waals surface area contributed by atoms with Crippen LogP contribution in [0.15, 0.2) is 11.0 Å². The summed E-state index contributed by atoms with van der Waals surface area (Å²) in [6, 6.07) is 0. The van der Waals surface area contributed by atoms with Crippen LogP contribution in [0.25, 0.3) is 0 Å². The maximum Gasteiger partial charge on any atom is 0.351 e. The van der Waals surface area contributed by atoms with Crippen molar-refractivity contribution < 1.29 is 19.3 Å². The lowest BCUT2D eigenvalue weighted by Crippen LogP contribution is -2.28. The molecule has 1 aromatic rings. The maximum absolute atomic E-state index is 13.1. The summed E-state index contributed by atoms with van der Waals surface area (Å²) in [6.45, 7) is 1.16. The SMILES string of the molecule is CC1CCC(n2cc(F)c(N)nc2=O)O1.OCO. The van der Waals surface area contributed by atoms with Crippen LogP contribution in [0.5, 0.6) is 0 Å². The molecule has 1 fully saturated rings. The fraction of sp³-hybridized carbons (Fsp3) is 0.600. The van der Waals surface area contributed by atoms with E-state index >= 15 is 0 Å². The second kappa shape index (κ2) is 6.43. The van der Waals surface area contributed by atoms with Gasteiger partial charge in [-0.25, -0.2) is 9.18 Å². The topological polar surface area (TPSA) is 111 Å². The monoisotopic (exact) mass is 261 g/mol. The number of nitrogen functional groups attached to an aromatic ring is 1. The van der Waals surface area contributed by atoms with E-state index in [-0.39, 0.29) is 11.9 Å². The summed E-state index contributed by atoms with van der Waals surface area (Å²) in [6.07, 6.45) is 2.25. The highest BCUT2D eigenvalue weighted by Gasteiger charge is 2.24. The molecule has 4 N–H and O–H groups in total. The first kappa shape index (κ1) is 14.6. The van der Waals surface area contributed by atoms with Gasteiger partial charge >= 0.3 is 5.69 Å². The minimum atomic E-state index is -0.750. The van der Waals surface area contributed by atoms with Crippen molar-refractivity contribution in [1.82, 2.24) is 9.55 Å². The minimum Gasteiger partial charge on any atom is -0.381 e. The molecule has 2 heterocycles. The predicted octanol–water partition coefficient (Wildman–Crippen LogP) is -0.409. The van der Waals surface area contributed by atoms with Crippen molar-refractivity contribution in [2.24, 2.45) is 0 Å². The number of anilines is 1. The summed E-state index contributed by atoms with van der Waals surface area (Å²) in [5, 5.41) is 14.2. The number of aromatic nitrogens is 2. The molecule has 1 saturated heterocycles. The van der Waals surface area contributed by atoms with Gasteiger partial charge in [0.2, 0.25) is 0 Å². The molecule has 18 heavy (non-hydrogen) atoms. The highest BCUT2D eigenvalue weighted by Crippen LogP contribution is 2.26. The third-order valence-electron chi connectivity index (χ3n) is 2.45. The van der Waals surface area contributed by atoms with Crippen LogP contribution in [0.4, 0.5) is 10.2 Å². The van der Waals surface area contributed by atoms with Gasteiger partial charge in [0, 0.05) is 0 Å². The van der Waals surface area contributed by atoms with Crippen molar-refractivity contribution in [2.75, 3.05) is 12.5 Å². The second-order valence-corrected chi connectivity index (χ2v) is 3.78. The zero-order chi connectivity index (χ0) is 13.7. The Morgan fingerprint density at radius 2 is 2.22 bits per heavy atom. The van der Waals surface area contributed by atoms with Gasteiger partial charge in [-0.05, 0) is 19.8 Å². The number of rotatable bonds is 1. The number of halogens is 1. The Balaban J connectivity index is 0.000000492. The van der Waals surface area contributed by atoms with Crippen LogP contribution >= 0.6 is 0 Å². The first-order valence-electron chi connectivity index (χ1n) is 5.41. The predicted molar refractivity (Wildman–Crippen MR) is 61.0 cm³/mol. The Morgan fingerprint density at radius 1 is 1.61 bits per heavy atom. The van der Waals surface area contributed by atoms with E-state index in [1.807, 2.05) is 6.92 Å². The van der Waals surface area contributed by atoms with Gasteiger partial charge in [0.25, 0.3) is 0 Å². The van der Waals surface area contributed by atoms with E-state index in [4.69, 9.17) is 20.7 Å². The molecule has 0 spiro atoms. The number of nitrogens with zero attached hydrogens (tertiary/aromatic N) is 2. The van der Waals surface area contributed by atoms with Crippen LogP contribution in [-0.4, -0.2) is 32.7 Å². The first-order valence-corrected chi connectivity index (χ1v) is 5.41. The molecule has 1 aliphatic rings. The average Bonchev–Trinajstić information content (AvgIpc) is 2.71. The van der Waals surface area contributed by atoms with Gasteiger partial charge in [-0.2, -0.15) is 4.98 Å². The number of aliphatic hydroxyl groups excluding tert-OH is 1. The number of ether oxygens (including phenoxy) is 1. The number of nitrogens with two attached hydrogens (primary N) is 1. The molecule has 0 aliphatic carbocycles. The van der Waals surface area contributed by atoms with Crippen molar-refractivity contribution in [1.29, 1.82) is 0 Å². The van der Waals surface area contributed by atoms with Crippen LogP contribution < -0.4 is 11.4 Å². The Kier molecular flexibility index (Phi) is 5.20. The lowest BCUT2D eigenvalue weighted by molar-refractivity contribution is 0.00747. The molecule has 2 atom stereocenters. The summed E-state index contributed by atoms with van der Waals surface area (Å²) in [5.74, 6) is -1.07. The second-order valence-electron chi connectivity index (χ2n) is 3.78. The molecule has 0 radical (unpaired) electrons. The summed E-state index contributed by atoms with van der Waals surface area (Å²) in [5.41, 5.74) is 4.60. The van der Waals surface area contributed by atoms with Crippen LogP contribution in [0, 0.1) is 5.82 Å². The molecule has 0 aromatic carbocycles. The molecule has 1 aliphatic heterocycles. The minimum absolute atomic E-state index is 0.0857. The van der Waals surface area contributed by atoms with Gasteiger partial charge in [-0.15, -0.1) is 0 Å². The van der Waals surface area contributed by atoms with Gasteiger partial charge < -0.3 is 20.7 Å². The van der Waals surface area contributed by atoms with Crippen molar-refractivity contribution >= 4 is 5.82 Å². The van der Waals surface area contributed by atoms with Crippen molar-refractivity contribution in [2.45, 2.75) is 32.1 Å². The Bertz CT molecular complexity index is 451. The number of hydrogen-bond acceptors (Lipinski definition) is 6. The molecular formula is C10H16FN3O4. The van der Waals surface area contributed by atoms with Gasteiger partial charge in [0.1, 0.15) is 13.0 Å². The third-order valence-corrected chi connectivity index (χ3v) is 2.45. The molecule has 0 saturated carbocycles. The third kappa shape index (κ3) is 3.49. The van der Waals surface area contributed by atoms with Crippen LogP contribution in [-0.2, 0) is 4.74 Å². The normalized spacial score (nSPS) is 22.4. The van der Waals surface area contributed by atoms with Crippen LogP contribution in [0.1, 0.15) is 26.0 Å². The molecule has 1 aromatic heterocycles. The highest BCUT2D eigenvalue weighted by molar-refractivity contribution is 5.26. The van der Waals surface area contributed by atoms with E-state index < -0.39 is 24.5 Å². The Labute approximate surface area is 103 Å². The van der Waals surface area contributed by atoms with Gasteiger partial charge in [0.05, 0.1) is 12.3 Å². The van der Waals surface area contributed by atoms with Gasteiger partial charge in [-0.3, -0.25) is 4.57 Å². The lowest BCUT2D eigenvalue weighted by atomic mass is 10.2. The molecule has 0 bridgehead atoms. The summed E-state index contributed by atoms with van der Waals surface area (Å²) < 4.78 is 19.7. The smallest absolute Gasteiger partial charge is 0.351 e. The van der Waals surface area contributed by atoms with E-state index in [1.54, 1.807) is 0 Å². The fourth-order valence-electron chi connectivity index (χ4n) is 1.65. The summed E-state index contributed by atoms with van der Waals surface area (Å²) in [7, 11) is 0. The van der Waals surface area contributed by atoms with Crippen molar-refractivity contribution in [3.8, 4) is 0 Å². The lowest BCUT2D eigenvalue weighted by Gasteiger charge is -2.13. The van der Waals surface area contributed by atoms with Crippen LogP contribution in [0.2, 0.25) is 0 Å². The fourth-order valence-corrected chi connectivity index (χ4v) is 1.65. The zero-order valence-electron chi connectivity index (χ0n) is 9.91. The Morgan fingerprint density at radius 3 is 2.72 bits per heavy atom. The molecule has 2 rings (SSSR count). The van der Waals surface area contributed by atoms with E-state index in [2.05, 4.69) is 4.98 Å². The standard InChI is InChI=1S/C9H12FN3O2.CH4O2/c1-5-2-3-7(15-5)13-4-6(10)8(11)12-9(13)14;2-1-3/h4-5,7H,2-3H2,1H3,(H2,11,12,14);2-3H,1H2. The summed E-state index contributed by atoms with van der Waals surface area (Å²) in [4.78, 5) is 14.8. The summed E-state index contributed by atoms with van der Waals surface area (Å²) >= 11 is 0. The van der Waals surface area contributed by atoms with E-state index in [9.17, 15) is 9.18 Å². The molecule has 7 nitrogen and oxygen atoms in total. The van der Waals surface area contributed by atoms with Crippen LogP contribution in [0.3, 0.4) is 0 Å². The van der Waals surface area contributed by atoms with E-state index in [0.717, 1.165) is 17.2 Å². The van der Waals surface area contributed by atoms with Gasteiger partial charge in [-0.1, -0.05) is 0 Å². The first-order chi connectivity index (χ1) is 8.49. The van der Waals surface area contributed by atoms with Gasteiger partial charge in [0.15, 0.2) is 11.6 Å². The molecule has 102 valence electrons. The number of aliphatic hydroxyl groups is 2.